The number of aromatic amines is 1. The van der Waals surface area contributed by atoms with Crippen molar-refractivity contribution in [2.75, 3.05) is 0 Å². The van der Waals surface area contributed by atoms with Gasteiger partial charge in [-0.1, -0.05) is 24.3 Å². The Bertz CT molecular complexity index is 1280. The number of amides is 1. The lowest BCUT2D eigenvalue weighted by Crippen LogP contribution is -2.32. The predicted molar refractivity (Wildman–Crippen MR) is 110 cm³/mol. The van der Waals surface area contributed by atoms with Gasteiger partial charge >= 0.3 is 0 Å². The first-order valence-electron chi connectivity index (χ1n) is 9.18. The number of nitro groups is 1. The molecule has 150 valence electrons. The van der Waals surface area contributed by atoms with Crippen molar-refractivity contribution in [1.82, 2.24) is 9.88 Å². The number of furan rings is 1. The molecule has 1 N–H and O–H groups in total. The SMILES string of the molecule is O=C(c1cccc([N+](=O)[O-])c1)N(Cc1ccco1)Cc1cc2ccccc2[nH]c1=O. The van der Waals surface area contributed by atoms with Crippen LogP contribution in [0.25, 0.3) is 10.9 Å². The number of benzene rings is 2. The third-order valence-corrected chi connectivity index (χ3v) is 4.71. The Labute approximate surface area is 170 Å². The minimum Gasteiger partial charge on any atom is -0.467 e. The molecule has 30 heavy (non-hydrogen) atoms. The maximum absolute atomic E-state index is 13.2. The molecule has 0 bridgehead atoms. The van der Waals surface area contributed by atoms with Crippen LogP contribution >= 0.6 is 0 Å². The molecule has 0 atom stereocenters. The topological polar surface area (TPSA) is 109 Å². The summed E-state index contributed by atoms with van der Waals surface area (Å²) in [5.74, 6) is 0.0913. The highest BCUT2D eigenvalue weighted by Crippen LogP contribution is 2.19. The van der Waals surface area contributed by atoms with Gasteiger partial charge in [-0.05, 0) is 35.7 Å². The van der Waals surface area contributed by atoms with Gasteiger partial charge in [0.2, 0.25) is 0 Å². The lowest BCUT2D eigenvalue weighted by Gasteiger charge is -2.22. The number of non-ortho nitro benzene ring substituents is 1. The normalized spacial score (nSPS) is 10.8. The number of nitro benzene ring substituents is 1. The average molecular weight is 403 g/mol. The van der Waals surface area contributed by atoms with Gasteiger partial charge in [0.05, 0.1) is 24.3 Å². The highest BCUT2D eigenvalue weighted by atomic mass is 16.6. The maximum atomic E-state index is 13.2. The fourth-order valence-electron chi connectivity index (χ4n) is 3.24. The van der Waals surface area contributed by atoms with E-state index in [1.165, 1.54) is 35.4 Å². The molecule has 2 aromatic carbocycles. The quantitative estimate of drug-likeness (QED) is 0.388. The highest BCUT2D eigenvalue weighted by Gasteiger charge is 2.21. The highest BCUT2D eigenvalue weighted by molar-refractivity contribution is 5.94. The predicted octanol–water partition coefficient (Wildman–Crippen LogP) is 3.87. The third-order valence-electron chi connectivity index (χ3n) is 4.71. The van der Waals surface area contributed by atoms with Crippen molar-refractivity contribution in [3.63, 3.8) is 0 Å². The second kappa shape index (κ2) is 8.04. The first-order chi connectivity index (χ1) is 14.5. The van der Waals surface area contributed by atoms with Crippen LogP contribution in [0.4, 0.5) is 5.69 Å². The molecule has 0 aliphatic heterocycles. The van der Waals surface area contributed by atoms with Crippen LogP contribution in [0.15, 0.2) is 82.2 Å². The van der Waals surface area contributed by atoms with Crippen LogP contribution in [0.2, 0.25) is 0 Å². The van der Waals surface area contributed by atoms with Gasteiger partial charge in [-0.2, -0.15) is 0 Å². The Morgan fingerprint density at radius 2 is 1.87 bits per heavy atom. The first kappa shape index (κ1) is 19.1. The molecule has 8 nitrogen and oxygen atoms in total. The van der Waals surface area contributed by atoms with Gasteiger partial charge in [-0.3, -0.25) is 19.7 Å². The molecule has 2 aromatic heterocycles. The standard InChI is InChI=1S/C22H17N3O5/c26-21-17(11-15-5-1-2-9-20(15)23-21)13-24(14-19-8-4-10-30-19)22(27)16-6-3-7-18(12-16)25(28)29/h1-12H,13-14H2,(H,23,26). The van der Waals surface area contributed by atoms with Crippen LogP contribution in [0.5, 0.6) is 0 Å². The number of rotatable bonds is 6. The van der Waals surface area contributed by atoms with Gasteiger partial charge in [0.1, 0.15) is 5.76 Å². The van der Waals surface area contributed by atoms with E-state index in [1.807, 2.05) is 18.2 Å². The van der Waals surface area contributed by atoms with Gasteiger partial charge in [-0.25, -0.2) is 0 Å². The zero-order chi connectivity index (χ0) is 21.1. The molecule has 1 amide bonds. The van der Waals surface area contributed by atoms with Crippen LogP contribution in [-0.2, 0) is 13.1 Å². The Hall–Kier alpha value is -4.20. The molecule has 0 saturated carbocycles. The van der Waals surface area contributed by atoms with Crippen LogP contribution < -0.4 is 5.56 Å². The van der Waals surface area contributed by atoms with E-state index in [2.05, 4.69) is 4.98 Å². The molecule has 0 unspecified atom stereocenters. The smallest absolute Gasteiger partial charge is 0.270 e. The summed E-state index contributed by atoms with van der Waals surface area (Å²) in [5, 5.41) is 11.9. The molecule has 0 aliphatic carbocycles. The Kier molecular flexibility index (Phi) is 5.13. The second-order valence-electron chi connectivity index (χ2n) is 6.76. The van der Waals surface area contributed by atoms with E-state index in [1.54, 1.807) is 24.3 Å². The van der Waals surface area contributed by atoms with E-state index in [0.717, 1.165) is 5.39 Å². The van der Waals surface area contributed by atoms with Gasteiger partial charge in [0.15, 0.2) is 0 Å². The summed E-state index contributed by atoms with van der Waals surface area (Å²) >= 11 is 0. The number of pyridine rings is 1. The summed E-state index contributed by atoms with van der Waals surface area (Å²) in [6.07, 6.45) is 1.49. The first-order valence-corrected chi connectivity index (χ1v) is 9.18. The number of H-pyrrole nitrogens is 1. The molecule has 4 aromatic rings. The van der Waals surface area contributed by atoms with E-state index in [4.69, 9.17) is 4.42 Å². The Morgan fingerprint density at radius 3 is 2.63 bits per heavy atom. The van der Waals surface area contributed by atoms with E-state index in [9.17, 15) is 19.7 Å². The summed E-state index contributed by atoms with van der Waals surface area (Å²) in [5.41, 5.74) is 0.785. The van der Waals surface area contributed by atoms with Gasteiger partial charge in [0.25, 0.3) is 17.2 Å². The van der Waals surface area contributed by atoms with Crippen molar-refractivity contribution >= 4 is 22.5 Å². The zero-order valence-electron chi connectivity index (χ0n) is 15.8. The number of fused-ring (bicyclic) bond motifs is 1. The van der Waals surface area contributed by atoms with Gasteiger partial charge in [-0.15, -0.1) is 0 Å². The van der Waals surface area contributed by atoms with Crippen molar-refractivity contribution in [2.45, 2.75) is 13.1 Å². The molecule has 0 radical (unpaired) electrons. The number of aromatic nitrogens is 1. The van der Waals surface area contributed by atoms with Crippen LogP contribution in [-0.4, -0.2) is 20.7 Å². The average Bonchev–Trinajstić information content (AvgIpc) is 3.26. The molecular weight excluding hydrogens is 386 g/mol. The fraction of sp³-hybridized carbons (Fsp3) is 0.0909. The van der Waals surface area contributed by atoms with E-state index in [-0.39, 0.29) is 29.9 Å². The molecule has 0 fully saturated rings. The number of para-hydroxylation sites is 1. The molecule has 0 spiro atoms. The number of carbonyl (C=O) groups excluding carboxylic acids is 1. The van der Waals surface area contributed by atoms with E-state index < -0.39 is 10.8 Å². The molecule has 4 rings (SSSR count). The number of nitrogens with zero attached hydrogens (tertiary/aromatic N) is 2. The van der Waals surface area contributed by atoms with E-state index in [0.29, 0.717) is 16.8 Å². The lowest BCUT2D eigenvalue weighted by molar-refractivity contribution is -0.384. The van der Waals surface area contributed by atoms with Crippen LogP contribution in [0, 0.1) is 10.1 Å². The largest absolute Gasteiger partial charge is 0.467 e. The van der Waals surface area contributed by atoms with Crippen LogP contribution in [0.3, 0.4) is 0 Å². The number of nitrogens with one attached hydrogen (secondary N) is 1. The van der Waals surface area contributed by atoms with E-state index >= 15 is 0 Å². The molecule has 0 saturated heterocycles. The van der Waals surface area contributed by atoms with Crippen molar-refractivity contribution in [1.29, 1.82) is 0 Å². The van der Waals surface area contributed by atoms with Crippen molar-refractivity contribution in [3.05, 3.63) is 110 Å². The Balaban J connectivity index is 1.71. The minimum atomic E-state index is -0.554. The second-order valence-corrected chi connectivity index (χ2v) is 6.76. The number of hydrogen-bond acceptors (Lipinski definition) is 5. The fourth-order valence-corrected chi connectivity index (χ4v) is 3.24. The van der Waals surface area contributed by atoms with Crippen molar-refractivity contribution in [3.8, 4) is 0 Å². The summed E-state index contributed by atoms with van der Waals surface area (Å²) < 4.78 is 5.36. The monoisotopic (exact) mass is 403 g/mol. The molecular formula is C22H17N3O5. The Morgan fingerprint density at radius 1 is 1.03 bits per heavy atom. The minimum absolute atomic E-state index is 0.0163. The lowest BCUT2D eigenvalue weighted by atomic mass is 10.1. The van der Waals surface area contributed by atoms with Crippen molar-refractivity contribution in [2.24, 2.45) is 0 Å². The summed E-state index contributed by atoms with van der Waals surface area (Å²) in [7, 11) is 0. The summed E-state index contributed by atoms with van der Waals surface area (Å²) in [4.78, 5) is 40.5. The van der Waals surface area contributed by atoms with Gasteiger partial charge in [0, 0.05) is 28.8 Å². The third kappa shape index (κ3) is 3.97. The number of hydrogen-bond donors (Lipinski definition) is 1. The summed E-state index contributed by atoms with van der Waals surface area (Å²) in [6, 6.07) is 18.0. The number of carbonyl (C=O) groups is 1. The maximum Gasteiger partial charge on any atom is 0.270 e. The van der Waals surface area contributed by atoms with Crippen LogP contribution in [0.1, 0.15) is 21.7 Å². The van der Waals surface area contributed by atoms with Crippen molar-refractivity contribution < 1.29 is 14.1 Å². The molecule has 8 heteroatoms. The molecule has 0 aliphatic rings. The molecule has 2 heterocycles. The zero-order valence-corrected chi connectivity index (χ0v) is 15.8. The summed E-state index contributed by atoms with van der Waals surface area (Å²) in [6.45, 7) is 0.128. The van der Waals surface area contributed by atoms with Gasteiger partial charge < -0.3 is 14.3 Å².